The maximum Gasteiger partial charge on any atom is 0.325 e. The molecule has 2 fully saturated rings. The Labute approximate surface area is 160 Å². The molecule has 0 radical (unpaired) electrons. The van der Waals surface area contributed by atoms with Crippen LogP contribution in [0.5, 0.6) is 0 Å². The van der Waals surface area contributed by atoms with Crippen molar-refractivity contribution in [2.45, 2.75) is 69.9 Å². The van der Waals surface area contributed by atoms with Gasteiger partial charge in [-0.25, -0.2) is 4.79 Å². The number of carbonyl (C=O) groups excluding carboxylic acids is 3. The molecule has 3 rings (SSSR count). The molecule has 2 aliphatic rings. The maximum atomic E-state index is 13.2. The standard InChI is InChI=1S/C21H29N3O3/c1-2-14-21(16-10-6-5-7-11-16)19(26)24(20(27)23-21)15-18(25)22-17-12-8-3-4-9-13-17/h5-7,10-11,17H,2-4,8-9,12-15H2,1H3,(H,22,25)(H,23,27)/t21-/m0/s1. The Morgan fingerprint density at radius 1 is 1.15 bits per heavy atom. The van der Waals surface area contributed by atoms with Crippen LogP contribution in [-0.4, -0.2) is 35.3 Å². The minimum atomic E-state index is -1.07. The van der Waals surface area contributed by atoms with E-state index >= 15 is 0 Å². The van der Waals surface area contributed by atoms with Crippen molar-refractivity contribution in [2.75, 3.05) is 6.54 Å². The first kappa shape index (κ1) is 19.4. The predicted octanol–water partition coefficient (Wildman–Crippen LogP) is 3.07. The number of rotatable bonds is 6. The lowest BCUT2D eigenvalue weighted by Crippen LogP contribution is -2.46. The van der Waals surface area contributed by atoms with Crippen LogP contribution < -0.4 is 10.6 Å². The van der Waals surface area contributed by atoms with Gasteiger partial charge in [-0.05, 0) is 24.8 Å². The Hall–Kier alpha value is -2.37. The highest BCUT2D eigenvalue weighted by Gasteiger charge is 2.52. The number of carbonyl (C=O) groups is 3. The zero-order valence-electron chi connectivity index (χ0n) is 16.0. The van der Waals surface area contributed by atoms with Gasteiger partial charge in [-0.3, -0.25) is 14.5 Å². The molecule has 1 saturated carbocycles. The second-order valence-corrected chi connectivity index (χ2v) is 7.60. The molecule has 6 nitrogen and oxygen atoms in total. The minimum absolute atomic E-state index is 0.148. The van der Waals surface area contributed by atoms with E-state index in [0.717, 1.165) is 42.6 Å². The highest BCUT2D eigenvalue weighted by molar-refractivity contribution is 6.09. The molecule has 146 valence electrons. The lowest BCUT2D eigenvalue weighted by Gasteiger charge is -2.27. The third-order valence-electron chi connectivity index (χ3n) is 5.59. The topological polar surface area (TPSA) is 78.5 Å². The molecule has 6 heteroatoms. The lowest BCUT2D eigenvalue weighted by atomic mass is 9.85. The van der Waals surface area contributed by atoms with E-state index in [-0.39, 0.29) is 24.4 Å². The fraction of sp³-hybridized carbons (Fsp3) is 0.571. The fourth-order valence-corrected chi connectivity index (χ4v) is 4.22. The molecule has 4 amide bonds. The van der Waals surface area contributed by atoms with Gasteiger partial charge < -0.3 is 10.6 Å². The van der Waals surface area contributed by atoms with Crippen LogP contribution in [0.1, 0.15) is 63.9 Å². The average molecular weight is 371 g/mol. The van der Waals surface area contributed by atoms with Gasteiger partial charge in [0, 0.05) is 6.04 Å². The summed E-state index contributed by atoms with van der Waals surface area (Å²) in [6.07, 6.45) is 7.81. The molecular formula is C21H29N3O3. The first-order chi connectivity index (χ1) is 13.1. The normalized spacial score (nSPS) is 23.8. The van der Waals surface area contributed by atoms with E-state index in [1.807, 2.05) is 37.3 Å². The zero-order chi connectivity index (χ0) is 19.3. The Balaban J connectivity index is 1.72. The zero-order valence-corrected chi connectivity index (χ0v) is 16.0. The number of hydrogen-bond acceptors (Lipinski definition) is 3. The van der Waals surface area contributed by atoms with E-state index in [1.54, 1.807) is 0 Å². The van der Waals surface area contributed by atoms with Gasteiger partial charge in [-0.2, -0.15) is 0 Å². The van der Waals surface area contributed by atoms with Crippen molar-refractivity contribution in [1.29, 1.82) is 0 Å². The Morgan fingerprint density at radius 3 is 2.44 bits per heavy atom. The Bertz CT molecular complexity index is 683. The van der Waals surface area contributed by atoms with Crippen LogP contribution in [-0.2, 0) is 15.1 Å². The third-order valence-corrected chi connectivity index (χ3v) is 5.59. The number of amides is 4. The molecule has 0 spiro atoms. The third kappa shape index (κ3) is 4.15. The van der Waals surface area contributed by atoms with Crippen LogP contribution in [0.3, 0.4) is 0 Å². The van der Waals surface area contributed by atoms with Crippen molar-refractivity contribution in [3.05, 3.63) is 35.9 Å². The van der Waals surface area contributed by atoms with Crippen molar-refractivity contribution < 1.29 is 14.4 Å². The van der Waals surface area contributed by atoms with E-state index in [2.05, 4.69) is 10.6 Å². The van der Waals surface area contributed by atoms with E-state index in [4.69, 9.17) is 0 Å². The molecule has 0 aromatic heterocycles. The van der Waals surface area contributed by atoms with Gasteiger partial charge in [0.25, 0.3) is 5.91 Å². The largest absolute Gasteiger partial charge is 0.352 e. The maximum absolute atomic E-state index is 13.2. The molecule has 1 saturated heterocycles. The summed E-state index contributed by atoms with van der Waals surface area (Å²) in [5.41, 5.74) is -0.313. The molecule has 1 aromatic carbocycles. The quantitative estimate of drug-likeness (QED) is 0.596. The van der Waals surface area contributed by atoms with Crippen LogP contribution in [0.15, 0.2) is 30.3 Å². The average Bonchev–Trinajstić information content (AvgIpc) is 2.85. The summed E-state index contributed by atoms with van der Waals surface area (Å²) in [4.78, 5) is 39.3. The predicted molar refractivity (Wildman–Crippen MR) is 103 cm³/mol. The first-order valence-corrected chi connectivity index (χ1v) is 10.1. The highest BCUT2D eigenvalue weighted by Crippen LogP contribution is 2.33. The number of urea groups is 1. The number of hydrogen-bond donors (Lipinski definition) is 2. The van der Waals surface area contributed by atoms with Gasteiger partial charge in [-0.1, -0.05) is 69.4 Å². The highest BCUT2D eigenvalue weighted by atomic mass is 16.2. The molecule has 1 aliphatic heterocycles. The van der Waals surface area contributed by atoms with E-state index < -0.39 is 11.6 Å². The van der Waals surface area contributed by atoms with Gasteiger partial charge in [0.05, 0.1) is 0 Å². The first-order valence-electron chi connectivity index (χ1n) is 10.1. The summed E-state index contributed by atoms with van der Waals surface area (Å²) < 4.78 is 0. The van der Waals surface area contributed by atoms with Crippen LogP contribution >= 0.6 is 0 Å². The summed E-state index contributed by atoms with van der Waals surface area (Å²) in [5.74, 6) is -0.595. The van der Waals surface area contributed by atoms with Crippen LogP contribution in [0.4, 0.5) is 4.79 Å². The van der Waals surface area contributed by atoms with E-state index in [0.29, 0.717) is 6.42 Å². The molecule has 0 bridgehead atoms. The monoisotopic (exact) mass is 371 g/mol. The lowest BCUT2D eigenvalue weighted by molar-refractivity contribution is -0.135. The molecule has 1 heterocycles. The van der Waals surface area contributed by atoms with Crippen LogP contribution in [0.2, 0.25) is 0 Å². The Kier molecular flexibility index (Phi) is 6.14. The second-order valence-electron chi connectivity index (χ2n) is 7.60. The van der Waals surface area contributed by atoms with Crippen molar-refractivity contribution >= 4 is 17.8 Å². The van der Waals surface area contributed by atoms with Gasteiger partial charge in [0.2, 0.25) is 5.91 Å². The van der Waals surface area contributed by atoms with Crippen LogP contribution in [0, 0.1) is 0 Å². The second kappa shape index (κ2) is 8.55. The summed E-state index contributed by atoms with van der Waals surface area (Å²) in [6.45, 7) is 1.75. The number of nitrogens with one attached hydrogen (secondary N) is 2. The van der Waals surface area contributed by atoms with Gasteiger partial charge in [-0.15, -0.1) is 0 Å². The van der Waals surface area contributed by atoms with Crippen molar-refractivity contribution in [3.8, 4) is 0 Å². The number of benzene rings is 1. The minimum Gasteiger partial charge on any atom is -0.352 e. The molecule has 0 unspecified atom stereocenters. The van der Waals surface area contributed by atoms with Crippen molar-refractivity contribution in [3.63, 3.8) is 0 Å². The van der Waals surface area contributed by atoms with Gasteiger partial charge in [0.15, 0.2) is 0 Å². The molecule has 1 atom stereocenters. The van der Waals surface area contributed by atoms with E-state index in [1.165, 1.54) is 12.8 Å². The SMILES string of the molecule is CCC[C@@]1(c2ccccc2)NC(=O)N(CC(=O)NC2CCCCCC2)C1=O. The summed E-state index contributed by atoms with van der Waals surface area (Å²) in [5, 5.41) is 5.87. The van der Waals surface area contributed by atoms with Gasteiger partial charge >= 0.3 is 6.03 Å². The van der Waals surface area contributed by atoms with Crippen molar-refractivity contribution in [2.24, 2.45) is 0 Å². The number of imide groups is 1. The van der Waals surface area contributed by atoms with E-state index in [9.17, 15) is 14.4 Å². The van der Waals surface area contributed by atoms with Gasteiger partial charge in [0.1, 0.15) is 12.1 Å². The molecular weight excluding hydrogens is 342 g/mol. The Morgan fingerprint density at radius 2 is 1.81 bits per heavy atom. The molecule has 1 aromatic rings. The molecule has 1 aliphatic carbocycles. The fourth-order valence-electron chi connectivity index (χ4n) is 4.22. The molecule has 2 N–H and O–H groups in total. The van der Waals surface area contributed by atoms with Crippen LogP contribution in [0.25, 0.3) is 0 Å². The number of nitrogens with zero attached hydrogens (tertiary/aromatic N) is 1. The summed E-state index contributed by atoms with van der Waals surface area (Å²) in [7, 11) is 0. The van der Waals surface area contributed by atoms with Crippen molar-refractivity contribution in [1.82, 2.24) is 15.5 Å². The molecule has 27 heavy (non-hydrogen) atoms. The summed E-state index contributed by atoms with van der Waals surface area (Å²) in [6, 6.07) is 8.94. The summed E-state index contributed by atoms with van der Waals surface area (Å²) >= 11 is 0. The smallest absolute Gasteiger partial charge is 0.325 e.